The van der Waals surface area contributed by atoms with Crippen LogP contribution in [0.1, 0.15) is 31.2 Å². The Labute approximate surface area is 110 Å². The summed E-state index contributed by atoms with van der Waals surface area (Å²) in [6.45, 7) is 0. The van der Waals surface area contributed by atoms with Crippen LogP contribution in [0.3, 0.4) is 0 Å². The molecule has 1 fully saturated rings. The van der Waals surface area contributed by atoms with E-state index in [2.05, 4.69) is 0 Å². The zero-order chi connectivity index (χ0) is 13.3. The van der Waals surface area contributed by atoms with E-state index in [1.54, 1.807) is 0 Å². The van der Waals surface area contributed by atoms with Crippen molar-refractivity contribution in [2.45, 2.75) is 31.1 Å². The van der Waals surface area contributed by atoms with Crippen molar-refractivity contribution in [3.8, 4) is 5.75 Å². The number of aliphatic carboxylic acids is 1. The van der Waals surface area contributed by atoms with Gasteiger partial charge in [-0.15, -0.1) is 0 Å². The number of rotatable bonds is 3. The van der Waals surface area contributed by atoms with Gasteiger partial charge in [0.05, 0.1) is 17.5 Å². The summed E-state index contributed by atoms with van der Waals surface area (Å²) in [5, 5.41) is 9.61. The number of hydrogen-bond acceptors (Lipinski definition) is 2. The predicted octanol–water partition coefficient (Wildman–Crippen LogP) is 3.38. The van der Waals surface area contributed by atoms with E-state index in [4.69, 9.17) is 16.3 Å². The molecular weight excluding hydrogens is 259 g/mol. The monoisotopic (exact) mass is 272 g/mol. The molecule has 1 N–H and O–H groups in total. The van der Waals surface area contributed by atoms with Crippen molar-refractivity contribution in [1.29, 1.82) is 0 Å². The first-order valence-electron chi connectivity index (χ1n) is 5.78. The summed E-state index contributed by atoms with van der Waals surface area (Å²) in [4.78, 5) is 11.6. The van der Waals surface area contributed by atoms with Crippen LogP contribution in [0.5, 0.6) is 5.75 Å². The van der Waals surface area contributed by atoms with Gasteiger partial charge >= 0.3 is 5.97 Å². The van der Waals surface area contributed by atoms with Crippen LogP contribution in [0, 0.1) is 5.82 Å². The minimum absolute atomic E-state index is 0.111. The summed E-state index contributed by atoms with van der Waals surface area (Å²) < 4.78 is 18.7. The Balaban J connectivity index is 2.64. The van der Waals surface area contributed by atoms with E-state index < -0.39 is 17.2 Å². The Hall–Kier alpha value is -1.29. The topological polar surface area (TPSA) is 46.5 Å². The number of benzene rings is 1. The SMILES string of the molecule is COc1c(Cl)cc(F)cc1C1(C(=O)O)CCCC1. The highest BCUT2D eigenvalue weighted by Gasteiger charge is 2.45. The number of ether oxygens (including phenoxy) is 1. The number of carboxylic acid groups (broad SMARTS) is 1. The van der Waals surface area contributed by atoms with E-state index in [-0.39, 0.29) is 10.8 Å². The molecule has 0 unspecified atom stereocenters. The molecular formula is C13H14ClFO3. The largest absolute Gasteiger partial charge is 0.495 e. The molecule has 1 aliphatic carbocycles. The van der Waals surface area contributed by atoms with Crippen LogP contribution in [0.25, 0.3) is 0 Å². The van der Waals surface area contributed by atoms with E-state index in [1.165, 1.54) is 13.2 Å². The second-order valence-electron chi connectivity index (χ2n) is 4.56. The maximum atomic E-state index is 13.5. The van der Waals surface area contributed by atoms with Crippen molar-refractivity contribution >= 4 is 17.6 Å². The Kier molecular flexibility index (Phi) is 3.48. The van der Waals surface area contributed by atoms with Crippen LogP contribution in [-0.2, 0) is 10.2 Å². The molecule has 2 rings (SSSR count). The molecule has 0 saturated heterocycles. The molecule has 3 nitrogen and oxygen atoms in total. The average molecular weight is 273 g/mol. The lowest BCUT2D eigenvalue weighted by molar-refractivity contribution is -0.143. The summed E-state index contributed by atoms with van der Waals surface area (Å²) in [7, 11) is 1.41. The summed E-state index contributed by atoms with van der Waals surface area (Å²) in [5.74, 6) is -1.22. The van der Waals surface area contributed by atoms with Crippen molar-refractivity contribution in [1.82, 2.24) is 0 Å². The molecule has 1 aromatic rings. The maximum absolute atomic E-state index is 13.5. The van der Waals surface area contributed by atoms with Gasteiger partial charge < -0.3 is 9.84 Å². The summed E-state index contributed by atoms with van der Waals surface area (Å²) in [5.41, 5.74) is -0.725. The van der Waals surface area contributed by atoms with Crippen LogP contribution in [0.4, 0.5) is 4.39 Å². The molecule has 0 bridgehead atoms. The standard InChI is InChI=1S/C13H14ClFO3/c1-18-11-9(6-8(15)7-10(11)14)13(12(16)17)4-2-3-5-13/h6-7H,2-5H2,1H3,(H,16,17). The van der Waals surface area contributed by atoms with Crippen molar-refractivity contribution in [2.75, 3.05) is 7.11 Å². The van der Waals surface area contributed by atoms with Crippen molar-refractivity contribution in [3.05, 3.63) is 28.5 Å². The van der Waals surface area contributed by atoms with Gasteiger partial charge in [0.15, 0.2) is 0 Å². The van der Waals surface area contributed by atoms with E-state index >= 15 is 0 Å². The van der Waals surface area contributed by atoms with Gasteiger partial charge in [-0.05, 0) is 25.0 Å². The molecule has 18 heavy (non-hydrogen) atoms. The normalized spacial score (nSPS) is 17.7. The minimum atomic E-state index is -1.07. The molecule has 0 spiro atoms. The third-order valence-corrected chi connectivity index (χ3v) is 3.88. The minimum Gasteiger partial charge on any atom is -0.495 e. The quantitative estimate of drug-likeness (QED) is 0.917. The number of halogens is 2. The third-order valence-electron chi connectivity index (χ3n) is 3.59. The predicted molar refractivity (Wildman–Crippen MR) is 65.7 cm³/mol. The Morgan fingerprint density at radius 1 is 1.44 bits per heavy atom. The van der Waals surface area contributed by atoms with Gasteiger partial charge in [0.2, 0.25) is 0 Å². The fraction of sp³-hybridized carbons (Fsp3) is 0.462. The Bertz CT molecular complexity index is 481. The number of hydrogen-bond donors (Lipinski definition) is 1. The fourth-order valence-electron chi connectivity index (χ4n) is 2.70. The van der Waals surface area contributed by atoms with Gasteiger partial charge in [-0.3, -0.25) is 4.79 Å². The highest BCUT2D eigenvalue weighted by Crippen LogP contribution is 2.47. The van der Waals surface area contributed by atoms with E-state index in [0.717, 1.165) is 18.9 Å². The zero-order valence-corrected chi connectivity index (χ0v) is 10.8. The molecule has 1 aromatic carbocycles. The molecule has 0 radical (unpaired) electrons. The molecule has 0 aromatic heterocycles. The molecule has 1 saturated carbocycles. The van der Waals surface area contributed by atoms with Gasteiger partial charge in [0.25, 0.3) is 0 Å². The van der Waals surface area contributed by atoms with Crippen LogP contribution in [-0.4, -0.2) is 18.2 Å². The molecule has 98 valence electrons. The van der Waals surface area contributed by atoms with E-state index in [0.29, 0.717) is 18.4 Å². The lowest BCUT2D eigenvalue weighted by Gasteiger charge is -2.26. The smallest absolute Gasteiger partial charge is 0.314 e. The summed E-state index contributed by atoms with van der Waals surface area (Å²) in [6.07, 6.45) is 2.59. The molecule has 0 aliphatic heterocycles. The van der Waals surface area contributed by atoms with Crippen molar-refractivity contribution in [3.63, 3.8) is 0 Å². The van der Waals surface area contributed by atoms with E-state index in [9.17, 15) is 14.3 Å². The van der Waals surface area contributed by atoms with Gasteiger partial charge in [-0.25, -0.2) is 4.39 Å². The first kappa shape index (κ1) is 13.1. The van der Waals surface area contributed by atoms with Crippen LogP contribution in [0.15, 0.2) is 12.1 Å². The van der Waals surface area contributed by atoms with Gasteiger partial charge in [0, 0.05) is 5.56 Å². The lowest BCUT2D eigenvalue weighted by atomic mass is 9.78. The third kappa shape index (κ3) is 1.94. The van der Waals surface area contributed by atoms with Crippen molar-refractivity contribution in [2.24, 2.45) is 0 Å². The zero-order valence-electron chi connectivity index (χ0n) is 10.0. The highest BCUT2D eigenvalue weighted by molar-refractivity contribution is 6.32. The first-order chi connectivity index (χ1) is 8.51. The van der Waals surface area contributed by atoms with Crippen LogP contribution < -0.4 is 4.74 Å². The number of carbonyl (C=O) groups is 1. The van der Waals surface area contributed by atoms with Gasteiger partial charge in [-0.1, -0.05) is 24.4 Å². The molecule has 0 atom stereocenters. The highest BCUT2D eigenvalue weighted by atomic mass is 35.5. The lowest BCUT2D eigenvalue weighted by Crippen LogP contribution is -2.33. The number of carboxylic acids is 1. The number of methoxy groups -OCH3 is 1. The Morgan fingerprint density at radius 2 is 2.06 bits per heavy atom. The van der Waals surface area contributed by atoms with Gasteiger partial charge in [-0.2, -0.15) is 0 Å². The van der Waals surface area contributed by atoms with Gasteiger partial charge in [0.1, 0.15) is 11.6 Å². The first-order valence-corrected chi connectivity index (χ1v) is 6.16. The second kappa shape index (κ2) is 4.76. The van der Waals surface area contributed by atoms with E-state index in [1.807, 2.05) is 0 Å². The average Bonchev–Trinajstić information content (AvgIpc) is 2.78. The van der Waals surface area contributed by atoms with Crippen LogP contribution >= 0.6 is 11.6 Å². The fourth-order valence-corrected chi connectivity index (χ4v) is 2.98. The molecule has 0 amide bonds. The molecule has 5 heteroatoms. The molecule has 0 heterocycles. The maximum Gasteiger partial charge on any atom is 0.314 e. The second-order valence-corrected chi connectivity index (χ2v) is 4.97. The summed E-state index contributed by atoms with van der Waals surface area (Å²) >= 11 is 5.92. The molecule has 1 aliphatic rings. The summed E-state index contributed by atoms with van der Waals surface area (Å²) in [6, 6.07) is 2.36. The Morgan fingerprint density at radius 3 is 2.56 bits per heavy atom. The van der Waals surface area contributed by atoms with Crippen LogP contribution in [0.2, 0.25) is 5.02 Å². The van der Waals surface area contributed by atoms with Crippen molar-refractivity contribution < 1.29 is 19.0 Å².